The van der Waals surface area contributed by atoms with Crippen LogP contribution in [0.5, 0.6) is 11.5 Å². The fourth-order valence-corrected chi connectivity index (χ4v) is 6.61. The van der Waals surface area contributed by atoms with Crippen LogP contribution in [-0.4, -0.2) is 106 Å². The first-order valence-electron chi connectivity index (χ1n) is 18.2. The zero-order valence-electron chi connectivity index (χ0n) is 30.8. The zero-order chi connectivity index (χ0) is 37.1. The Bertz CT molecular complexity index is 1670. The number of aromatic nitrogens is 3. The second-order valence-electron chi connectivity index (χ2n) is 14.4. The van der Waals surface area contributed by atoms with E-state index in [-0.39, 0.29) is 30.5 Å². The lowest BCUT2D eigenvalue weighted by Gasteiger charge is -2.35. The van der Waals surface area contributed by atoms with Gasteiger partial charge in [-0.3, -0.25) is 14.4 Å². The molecule has 1 saturated carbocycles. The molecule has 0 unspecified atom stereocenters. The highest BCUT2D eigenvalue weighted by Crippen LogP contribution is 2.40. The lowest BCUT2D eigenvalue weighted by Crippen LogP contribution is -2.44. The highest BCUT2D eigenvalue weighted by Gasteiger charge is 2.28. The quantitative estimate of drug-likeness (QED) is 0.103. The van der Waals surface area contributed by atoms with Crippen LogP contribution in [0, 0.1) is 0 Å². The standard InChI is InChI=1S/C38H52N6O8/c1-38(2,3)52-37(48)51-32-15-14-28(35-34(32)39-33(45)26-50-35)16-19-44(36(46)47)21-20-43(30-12-6-5-7-13-30)18-9-22-49-23-17-27-10-8-11-29(24-27)31-25-42(4)41-40-31/h8,10-11,14-15,24-25,30H,5-7,9,12-13,16-23,26H2,1-4H3,(H,39,45)(H,46,47). The maximum absolute atomic E-state index is 12.4. The van der Waals surface area contributed by atoms with Crippen molar-refractivity contribution in [3.63, 3.8) is 0 Å². The first kappa shape index (κ1) is 38.5. The van der Waals surface area contributed by atoms with Gasteiger partial charge in [0.2, 0.25) is 0 Å². The molecule has 2 amide bonds. The first-order valence-corrected chi connectivity index (χ1v) is 18.2. The fourth-order valence-electron chi connectivity index (χ4n) is 6.61. The number of carbonyl (C=O) groups excluding carboxylic acids is 2. The molecule has 2 N–H and O–H groups in total. The average molecular weight is 721 g/mol. The van der Waals surface area contributed by atoms with Gasteiger partial charge in [-0.25, -0.2) is 9.59 Å². The van der Waals surface area contributed by atoms with E-state index in [0.29, 0.717) is 50.1 Å². The van der Waals surface area contributed by atoms with Crippen molar-refractivity contribution in [2.45, 2.75) is 83.8 Å². The minimum Gasteiger partial charge on any atom is -0.481 e. The second-order valence-corrected chi connectivity index (χ2v) is 14.4. The van der Waals surface area contributed by atoms with Gasteiger partial charge in [0.25, 0.3) is 5.91 Å². The Morgan fingerprint density at radius 3 is 2.58 bits per heavy atom. The predicted molar refractivity (Wildman–Crippen MR) is 195 cm³/mol. The van der Waals surface area contributed by atoms with Crippen LogP contribution in [0.3, 0.4) is 0 Å². The molecule has 0 bridgehead atoms. The predicted octanol–water partition coefficient (Wildman–Crippen LogP) is 5.93. The van der Waals surface area contributed by atoms with E-state index in [2.05, 4.69) is 32.7 Å². The Morgan fingerprint density at radius 2 is 1.85 bits per heavy atom. The van der Waals surface area contributed by atoms with E-state index in [4.69, 9.17) is 18.9 Å². The molecule has 3 aromatic rings. The number of hydrogen-bond donors (Lipinski definition) is 2. The first-order chi connectivity index (χ1) is 24.9. The molecule has 2 heterocycles. The Balaban J connectivity index is 1.13. The summed E-state index contributed by atoms with van der Waals surface area (Å²) in [5, 5.41) is 21.1. The van der Waals surface area contributed by atoms with Crippen LogP contribution < -0.4 is 14.8 Å². The molecular weight excluding hydrogens is 668 g/mol. The number of amides is 2. The molecule has 14 heteroatoms. The molecule has 1 aliphatic heterocycles. The van der Waals surface area contributed by atoms with Gasteiger partial charge in [-0.15, -0.1) is 5.10 Å². The third-order valence-electron chi connectivity index (χ3n) is 9.16. The normalized spacial score (nSPS) is 14.8. The molecule has 2 aliphatic rings. The number of benzene rings is 2. The molecule has 1 aliphatic carbocycles. The molecule has 5 rings (SSSR count). The van der Waals surface area contributed by atoms with Crippen LogP contribution in [-0.2, 0) is 34.2 Å². The Kier molecular flexibility index (Phi) is 13.5. The summed E-state index contributed by atoms with van der Waals surface area (Å²) in [6.07, 6.45) is 7.83. The number of nitrogens with one attached hydrogen (secondary N) is 1. The van der Waals surface area contributed by atoms with Crippen LogP contribution in [0.1, 0.15) is 70.4 Å². The third-order valence-corrected chi connectivity index (χ3v) is 9.16. The highest BCUT2D eigenvalue weighted by molar-refractivity contribution is 5.98. The average Bonchev–Trinajstić information content (AvgIpc) is 3.55. The van der Waals surface area contributed by atoms with Gasteiger partial charge >= 0.3 is 12.2 Å². The van der Waals surface area contributed by atoms with E-state index in [0.717, 1.165) is 43.5 Å². The van der Waals surface area contributed by atoms with Crippen molar-refractivity contribution in [3.8, 4) is 22.8 Å². The zero-order valence-corrected chi connectivity index (χ0v) is 30.8. The van der Waals surface area contributed by atoms with Crippen molar-refractivity contribution >= 4 is 23.8 Å². The van der Waals surface area contributed by atoms with Gasteiger partial charge in [-0.1, -0.05) is 48.7 Å². The van der Waals surface area contributed by atoms with Gasteiger partial charge in [0, 0.05) is 51.4 Å². The molecule has 282 valence electrons. The second kappa shape index (κ2) is 18.2. The van der Waals surface area contributed by atoms with Crippen LogP contribution in [0.4, 0.5) is 15.3 Å². The molecule has 1 fully saturated rings. The maximum atomic E-state index is 12.4. The number of aryl methyl sites for hydroxylation is 1. The number of nitrogens with zero attached hydrogens (tertiary/aromatic N) is 5. The number of carbonyl (C=O) groups is 3. The lowest BCUT2D eigenvalue weighted by molar-refractivity contribution is -0.118. The monoisotopic (exact) mass is 720 g/mol. The maximum Gasteiger partial charge on any atom is 0.514 e. The number of rotatable bonds is 16. The van der Waals surface area contributed by atoms with Crippen molar-refractivity contribution in [1.29, 1.82) is 0 Å². The van der Waals surface area contributed by atoms with Crippen molar-refractivity contribution < 1.29 is 38.4 Å². The smallest absolute Gasteiger partial charge is 0.481 e. The Morgan fingerprint density at radius 1 is 1.04 bits per heavy atom. The number of anilines is 1. The summed E-state index contributed by atoms with van der Waals surface area (Å²) in [7, 11) is 1.85. The third kappa shape index (κ3) is 11.4. The minimum absolute atomic E-state index is 0.0934. The summed E-state index contributed by atoms with van der Waals surface area (Å²) in [4.78, 5) is 40.8. The van der Waals surface area contributed by atoms with E-state index in [9.17, 15) is 19.5 Å². The van der Waals surface area contributed by atoms with Gasteiger partial charge in [-0.2, -0.15) is 0 Å². The van der Waals surface area contributed by atoms with E-state index in [1.54, 1.807) is 37.6 Å². The van der Waals surface area contributed by atoms with Gasteiger partial charge < -0.3 is 34.3 Å². The van der Waals surface area contributed by atoms with Crippen LogP contribution in [0.2, 0.25) is 0 Å². The van der Waals surface area contributed by atoms with E-state index in [1.807, 2.05) is 25.4 Å². The number of ether oxygens (including phenoxy) is 4. The van der Waals surface area contributed by atoms with Gasteiger partial charge in [0.15, 0.2) is 18.1 Å². The van der Waals surface area contributed by atoms with E-state index < -0.39 is 17.8 Å². The van der Waals surface area contributed by atoms with Gasteiger partial charge in [0.1, 0.15) is 17.0 Å². The molecule has 0 radical (unpaired) electrons. The largest absolute Gasteiger partial charge is 0.514 e. The molecule has 2 aromatic carbocycles. The van der Waals surface area contributed by atoms with E-state index >= 15 is 0 Å². The SMILES string of the molecule is Cn1cc(-c2cccc(CCOCCCN(CCN(CCc3ccc(OC(=O)OC(C)(C)C)c4c3OCC(=O)N4)C(=O)O)C3CCCCC3)c2)nn1. The fraction of sp³-hybridized carbons (Fsp3) is 0.553. The van der Waals surface area contributed by atoms with Gasteiger partial charge in [-0.05, 0) is 76.1 Å². The molecule has 14 nitrogen and oxygen atoms in total. The summed E-state index contributed by atoms with van der Waals surface area (Å²) in [5.74, 6) is 0.0623. The van der Waals surface area contributed by atoms with Crippen molar-refractivity contribution in [3.05, 3.63) is 53.7 Å². The summed E-state index contributed by atoms with van der Waals surface area (Å²) >= 11 is 0. The summed E-state index contributed by atoms with van der Waals surface area (Å²) in [5.41, 5.74) is 3.22. The molecule has 1 aromatic heterocycles. The Labute approximate surface area is 305 Å². The van der Waals surface area contributed by atoms with Gasteiger partial charge in [0.05, 0.1) is 12.8 Å². The number of fused-ring (bicyclic) bond motifs is 1. The number of carboxylic acid groups (broad SMARTS) is 1. The topological polar surface area (TPSA) is 158 Å². The molecule has 0 atom stereocenters. The van der Waals surface area contributed by atoms with Crippen molar-refractivity contribution in [2.24, 2.45) is 7.05 Å². The molecule has 52 heavy (non-hydrogen) atoms. The highest BCUT2D eigenvalue weighted by atomic mass is 16.7. The molecule has 0 spiro atoms. The van der Waals surface area contributed by atoms with Crippen molar-refractivity contribution in [2.75, 3.05) is 51.3 Å². The lowest BCUT2D eigenvalue weighted by atomic mass is 9.94. The van der Waals surface area contributed by atoms with Crippen molar-refractivity contribution in [1.82, 2.24) is 24.8 Å². The van der Waals surface area contributed by atoms with Crippen LogP contribution in [0.25, 0.3) is 11.3 Å². The summed E-state index contributed by atoms with van der Waals surface area (Å²) in [6.45, 7) is 8.26. The Hall–Kier alpha value is -4.69. The summed E-state index contributed by atoms with van der Waals surface area (Å²) in [6, 6.07) is 12.0. The molecular formula is C38H52N6O8. The minimum atomic E-state index is -0.997. The summed E-state index contributed by atoms with van der Waals surface area (Å²) < 4.78 is 24.1. The number of hydrogen-bond acceptors (Lipinski definition) is 10. The molecule has 0 saturated heterocycles. The van der Waals surface area contributed by atoms with Crippen LogP contribution in [0.15, 0.2) is 42.6 Å². The van der Waals surface area contributed by atoms with E-state index in [1.165, 1.54) is 29.7 Å². The van der Waals surface area contributed by atoms with Crippen LogP contribution >= 0.6 is 0 Å².